The van der Waals surface area contributed by atoms with Crippen molar-refractivity contribution in [2.45, 2.75) is 5.60 Å². The number of phenols is 2. The van der Waals surface area contributed by atoms with Crippen LogP contribution in [-0.4, -0.2) is 21.3 Å². The van der Waals surface area contributed by atoms with E-state index in [1.165, 1.54) is 24.3 Å². The minimum atomic E-state index is -1.15. The molecule has 0 saturated carbocycles. The number of hydrogen-bond donors (Lipinski definition) is 2. The molecule has 0 radical (unpaired) electrons. The zero-order valence-corrected chi connectivity index (χ0v) is 15.1. The molecule has 2 unspecified atom stereocenters. The number of benzene rings is 2. The minimum Gasteiger partial charge on any atom is -0.508 e. The van der Waals surface area contributed by atoms with Crippen LogP contribution in [-0.2, 0) is 15.1 Å². The molecule has 1 fully saturated rings. The topological polar surface area (TPSA) is 88.4 Å². The number of carbonyl (C=O) groups excluding carboxylic acids is 1. The zero-order valence-electron chi connectivity index (χ0n) is 14.3. The van der Waals surface area contributed by atoms with Crippen molar-refractivity contribution in [2.24, 2.45) is 16.8 Å². The van der Waals surface area contributed by atoms with Crippen molar-refractivity contribution in [3.63, 3.8) is 0 Å². The number of aromatic hydroxyl groups is 2. The molecule has 2 aliphatic heterocycles. The largest absolute Gasteiger partial charge is 0.508 e. The number of esters is 1. The highest BCUT2D eigenvalue weighted by Crippen LogP contribution is 2.59. The average Bonchev–Trinajstić information content (AvgIpc) is 2.94. The van der Waals surface area contributed by atoms with Gasteiger partial charge in [0.05, 0.1) is 16.8 Å². The Morgan fingerprint density at radius 3 is 2.32 bits per heavy atom. The Labute approximate surface area is 165 Å². The van der Waals surface area contributed by atoms with Crippen LogP contribution in [0, 0.1) is 11.8 Å². The summed E-state index contributed by atoms with van der Waals surface area (Å²) in [5.74, 6) is -0.539. The molecule has 2 heterocycles. The molecule has 28 heavy (non-hydrogen) atoms. The number of rotatable bonds is 1. The maximum absolute atomic E-state index is 12.9. The molecule has 1 spiro atoms. The highest BCUT2D eigenvalue weighted by molar-refractivity contribution is 7.78. The molecular weight excluding hydrogens is 378 g/mol. The fraction of sp³-hybridized carbons (Fsp3) is 0.143. The van der Waals surface area contributed by atoms with Gasteiger partial charge in [0.15, 0.2) is 5.60 Å². The van der Waals surface area contributed by atoms with E-state index in [0.29, 0.717) is 28.3 Å². The van der Waals surface area contributed by atoms with Crippen LogP contribution in [0.2, 0.25) is 0 Å². The number of nitrogens with zero attached hydrogens (tertiary/aromatic N) is 1. The number of aliphatic imine (C=N–C) groups is 1. The van der Waals surface area contributed by atoms with E-state index in [1.807, 2.05) is 6.08 Å². The summed E-state index contributed by atoms with van der Waals surface area (Å²) < 4.78 is 11.9. The third kappa shape index (κ3) is 2.17. The zero-order chi connectivity index (χ0) is 19.5. The molecule has 2 N–H and O–H groups in total. The molecule has 7 heteroatoms. The Kier molecular flexibility index (Phi) is 3.46. The van der Waals surface area contributed by atoms with Crippen LogP contribution in [0.1, 0.15) is 11.1 Å². The van der Waals surface area contributed by atoms with Crippen molar-refractivity contribution < 1.29 is 24.5 Å². The van der Waals surface area contributed by atoms with Gasteiger partial charge in [0.2, 0.25) is 0 Å². The van der Waals surface area contributed by atoms with Gasteiger partial charge < -0.3 is 19.7 Å². The molecule has 2 atom stereocenters. The Bertz CT molecular complexity index is 1090. The molecular formula is C21H13NO5S. The Morgan fingerprint density at radius 2 is 1.71 bits per heavy atom. The standard InChI is InChI=1S/C21H13NO5S/c23-12-2-5-16-18(8-12)26-19-9-13(24)3-6-17(19)21(16)15-4-1-11(22-10-28)7-14(15)20(25)27-21/h1-9,14-15,23-24H. The van der Waals surface area contributed by atoms with Crippen molar-refractivity contribution in [3.05, 3.63) is 71.5 Å². The predicted octanol–water partition coefficient (Wildman–Crippen LogP) is 3.79. The van der Waals surface area contributed by atoms with E-state index in [0.717, 1.165) is 0 Å². The summed E-state index contributed by atoms with van der Waals surface area (Å²) in [4.78, 5) is 16.8. The van der Waals surface area contributed by atoms with Crippen LogP contribution in [0.15, 0.2) is 65.3 Å². The minimum absolute atomic E-state index is 0.0232. The van der Waals surface area contributed by atoms with Gasteiger partial charge in [-0.05, 0) is 48.6 Å². The van der Waals surface area contributed by atoms with E-state index in [2.05, 4.69) is 22.4 Å². The highest BCUT2D eigenvalue weighted by Gasteiger charge is 2.60. The van der Waals surface area contributed by atoms with E-state index in [1.54, 1.807) is 24.3 Å². The first-order chi connectivity index (χ1) is 13.5. The second-order valence-electron chi connectivity index (χ2n) is 6.83. The highest BCUT2D eigenvalue weighted by atomic mass is 32.1. The molecule has 138 valence electrons. The molecule has 2 aromatic rings. The van der Waals surface area contributed by atoms with E-state index >= 15 is 0 Å². The normalized spacial score (nSPS) is 22.9. The Balaban J connectivity index is 1.77. The van der Waals surface area contributed by atoms with Gasteiger partial charge in [0.1, 0.15) is 23.0 Å². The van der Waals surface area contributed by atoms with Crippen molar-refractivity contribution in [3.8, 4) is 23.0 Å². The van der Waals surface area contributed by atoms with Crippen LogP contribution < -0.4 is 4.74 Å². The van der Waals surface area contributed by atoms with Gasteiger partial charge in [-0.15, -0.1) is 0 Å². The molecule has 6 nitrogen and oxygen atoms in total. The maximum Gasteiger partial charge on any atom is 0.314 e. The summed E-state index contributed by atoms with van der Waals surface area (Å²) in [5.41, 5.74) is 0.661. The van der Waals surface area contributed by atoms with Crippen molar-refractivity contribution in [2.75, 3.05) is 0 Å². The monoisotopic (exact) mass is 391 g/mol. The third-order valence-corrected chi connectivity index (χ3v) is 5.43. The third-order valence-electron chi connectivity index (χ3n) is 5.34. The quantitative estimate of drug-likeness (QED) is 0.437. The lowest BCUT2D eigenvalue weighted by atomic mass is 9.69. The number of thiocarbonyl (C=S) groups is 1. The van der Waals surface area contributed by atoms with Crippen LogP contribution in [0.5, 0.6) is 23.0 Å². The Morgan fingerprint density at radius 1 is 1.07 bits per heavy atom. The van der Waals surface area contributed by atoms with Crippen LogP contribution >= 0.6 is 12.2 Å². The summed E-state index contributed by atoms with van der Waals surface area (Å²) in [6.07, 6.45) is 5.37. The summed E-state index contributed by atoms with van der Waals surface area (Å²) in [6, 6.07) is 9.38. The SMILES string of the molecule is O=C1OC2(c3ccc(O)cc3Oc3cc(O)ccc32)C2C=CC(N=C=S)=CC12. The summed E-state index contributed by atoms with van der Waals surface area (Å²) >= 11 is 4.66. The number of fused-ring (bicyclic) bond motifs is 6. The molecule has 2 aromatic carbocycles. The van der Waals surface area contributed by atoms with Gasteiger partial charge in [0.25, 0.3) is 0 Å². The number of isothiocyanates is 1. The summed E-state index contributed by atoms with van der Waals surface area (Å²) in [5, 5.41) is 22.1. The number of allylic oxidation sites excluding steroid dienone is 1. The number of hydrogen-bond acceptors (Lipinski definition) is 7. The molecule has 1 aliphatic carbocycles. The van der Waals surface area contributed by atoms with E-state index < -0.39 is 17.5 Å². The molecule has 0 amide bonds. The first kappa shape index (κ1) is 16.7. The second-order valence-corrected chi connectivity index (χ2v) is 7.01. The van der Waals surface area contributed by atoms with Crippen LogP contribution in [0.3, 0.4) is 0 Å². The molecule has 1 saturated heterocycles. The average molecular weight is 391 g/mol. The van der Waals surface area contributed by atoms with Crippen molar-refractivity contribution >= 4 is 23.3 Å². The second kappa shape index (κ2) is 5.79. The van der Waals surface area contributed by atoms with E-state index in [4.69, 9.17) is 9.47 Å². The van der Waals surface area contributed by atoms with Crippen LogP contribution in [0.4, 0.5) is 0 Å². The van der Waals surface area contributed by atoms with Gasteiger partial charge in [-0.3, -0.25) is 4.79 Å². The molecule has 0 bridgehead atoms. The number of carbonyl (C=O) groups is 1. The van der Waals surface area contributed by atoms with Gasteiger partial charge in [0, 0.05) is 29.2 Å². The lowest BCUT2D eigenvalue weighted by Crippen LogP contribution is -2.37. The van der Waals surface area contributed by atoms with Gasteiger partial charge in [-0.2, -0.15) is 4.99 Å². The predicted molar refractivity (Wildman–Crippen MR) is 102 cm³/mol. The molecule has 0 aromatic heterocycles. The molecule has 5 rings (SSSR count). The lowest BCUT2D eigenvalue weighted by Gasteiger charge is -2.39. The first-order valence-electron chi connectivity index (χ1n) is 8.58. The van der Waals surface area contributed by atoms with Crippen LogP contribution in [0.25, 0.3) is 0 Å². The Hall–Kier alpha value is -3.41. The van der Waals surface area contributed by atoms with Crippen molar-refractivity contribution in [1.29, 1.82) is 0 Å². The fourth-order valence-electron chi connectivity index (χ4n) is 4.23. The first-order valence-corrected chi connectivity index (χ1v) is 8.99. The smallest absolute Gasteiger partial charge is 0.314 e. The van der Waals surface area contributed by atoms with Crippen molar-refractivity contribution in [1.82, 2.24) is 0 Å². The molecule has 3 aliphatic rings. The summed E-state index contributed by atoms with van der Waals surface area (Å²) in [7, 11) is 0. The van der Waals surface area contributed by atoms with Gasteiger partial charge in [-0.25, -0.2) is 0 Å². The maximum atomic E-state index is 12.9. The van der Waals surface area contributed by atoms with E-state index in [9.17, 15) is 15.0 Å². The lowest BCUT2D eigenvalue weighted by molar-refractivity contribution is -0.148. The van der Waals surface area contributed by atoms with E-state index in [-0.39, 0.29) is 17.4 Å². The number of phenolic OH excluding ortho intramolecular Hbond substituents is 2. The fourth-order valence-corrected chi connectivity index (χ4v) is 4.33. The van der Waals surface area contributed by atoms with Gasteiger partial charge >= 0.3 is 5.97 Å². The summed E-state index contributed by atoms with van der Waals surface area (Å²) in [6.45, 7) is 0. The van der Waals surface area contributed by atoms with Gasteiger partial charge in [-0.1, -0.05) is 6.08 Å². The number of ether oxygens (including phenoxy) is 2.